The molecule has 0 atom stereocenters. The summed E-state index contributed by atoms with van der Waals surface area (Å²) < 4.78 is 25.0. The third-order valence-corrected chi connectivity index (χ3v) is 7.26. The fourth-order valence-electron chi connectivity index (χ4n) is 3.78. The van der Waals surface area contributed by atoms with Crippen molar-refractivity contribution >= 4 is 21.7 Å². The predicted octanol–water partition coefficient (Wildman–Crippen LogP) is 2.85. The summed E-state index contributed by atoms with van der Waals surface area (Å²) in [5, 5.41) is 2.92. The Morgan fingerprint density at radius 2 is 1.61 bits per heavy atom. The van der Waals surface area contributed by atoms with Crippen LogP contribution in [0.2, 0.25) is 0 Å². The highest BCUT2D eigenvalue weighted by atomic mass is 32.2. The van der Waals surface area contributed by atoms with E-state index in [0.717, 1.165) is 24.8 Å². The highest BCUT2D eigenvalue weighted by Gasteiger charge is 2.42. The molecular weight excluding hydrogens is 376 g/mol. The fraction of sp³-hybridized carbons (Fsp3) is 0.619. The van der Waals surface area contributed by atoms with Gasteiger partial charge >= 0.3 is 0 Å². The largest absolute Gasteiger partial charge is 0.342 e. The zero-order chi connectivity index (χ0) is 20.8. The molecule has 28 heavy (non-hydrogen) atoms. The van der Waals surface area contributed by atoms with Crippen molar-refractivity contribution in [3.63, 3.8) is 0 Å². The van der Waals surface area contributed by atoms with Crippen LogP contribution in [0.4, 0.5) is 0 Å². The van der Waals surface area contributed by atoms with Crippen LogP contribution in [0.3, 0.4) is 0 Å². The third kappa shape index (κ3) is 5.34. The van der Waals surface area contributed by atoms with Gasteiger partial charge < -0.3 is 10.2 Å². The van der Waals surface area contributed by atoms with E-state index in [9.17, 15) is 18.0 Å². The molecular formula is C21H32N2O4S. The number of aryl methyl sites for hydroxylation is 1. The van der Waals surface area contributed by atoms with E-state index in [-0.39, 0.29) is 28.9 Å². The molecule has 0 aliphatic heterocycles. The number of sulfone groups is 1. The minimum atomic E-state index is -3.53. The molecule has 0 radical (unpaired) electrons. The maximum atomic E-state index is 13.1. The number of nitrogens with one attached hydrogen (secondary N) is 1. The molecule has 1 aliphatic carbocycles. The first-order valence-corrected chi connectivity index (χ1v) is 11.8. The molecule has 0 saturated heterocycles. The van der Waals surface area contributed by atoms with Gasteiger partial charge in [-0.25, -0.2) is 8.42 Å². The number of likely N-dealkylation sites (N-methyl/N-ethyl adjacent to an activating group) is 1. The molecule has 2 amide bonds. The highest BCUT2D eigenvalue weighted by molar-refractivity contribution is 7.91. The Kier molecular flexibility index (Phi) is 7.63. The number of nitrogens with zero attached hydrogens (tertiary/aromatic N) is 1. The van der Waals surface area contributed by atoms with Crippen molar-refractivity contribution in [2.75, 3.05) is 18.8 Å². The van der Waals surface area contributed by atoms with Crippen molar-refractivity contribution in [2.24, 2.45) is 0 Å². The van der Waals surface area contributed by atoms with Gasteiger partial charge in [-0.05, 0) is 45.7 Å². The zero-order valence-electron chi connectivity index (χ0n) is 17.2. The van der Waals surface area contributed by atoms with E-state index in [1.807, 2.05) is 20.8 Å². The molecule has 0 bridgehead atoms. The second-order valence-corrected chi connectivity index (χ2v) is 9.66. The fourth-order valence-corrected chi connectivity index (χ4v) is 5.02. The minimum absolute atomic E-state index is 0.0491. The smallest absolute Gasteiger partial charge is 0.248 e. The van der Waals surface area contributed by atoms with E-state index in [0.29, 0.717) is 25.9 Å². The Balaban J connectivity index is 2.07. The summed E-state index contributed by atoms with van der Waals surface area (Å²) in [6, 6.07) is 6.61. The molecule has 0 spiro atoms. The molecule has 0 unspecified atom stereocenters. The standard InChI is InChI=1S/C21H32N2O4S/c1-4-23(5-2)20(25)21(14-7-6-8-15-21)22-19(24)13-16-28(26,27)18-11-9-17(3)10-12-18/h9-12H,4-8,13-16H2,1-3H3,(H,22,24). The lowest BCUT2D eigenvalue weighted by Crippen LogP contribution is -2.60. The van der Waals surface area contributed by atoms with Crippen LogP contribution in [0.15, 0.2) is 29.2 Å². The van der Waals surface area contributed by atoms with Crippen molar-refractivity contribution in [3.05, 3.63) is 29.8 Å². The maximum Gasteiger partial charge on any atom is 0.248 e. The monoisotopic (exact) mass is 408 g/mol. The Labute approximate surface area is 168 Å². The Bertz CT molecular complexity index is 777. The number of hydrogen-bond donors (Lipinski definition) is 1. The van der Waals surface area contributed by atoms with Gasteiger partial charge in [-0.3, -0.25) is 9.59 Å². The van der Waals surface area contributed by atoms with Crippen LogP contribution in [0, 0.1) is 6.92 Å². The van der Waals surface area contributed by atoms with Gasteiger partial charge in [0.25, 0.3) is 0 Å². The minimum Gasteiger partial charge on any atom is -0.342 e. The van der Waals surface area contributed by atoms with Crippen LogP contribution in [-0.4, -0.2) is 49.5 Å². The van der Waals surface area contributed by atoms with E-state index in [1.165, 1.54) is 0 Å². The molecule has 156 valence electrons. The molecule has 1 N–H and O–H groups in total. The van der Waals surface area contributed by atoms with E-state index in [1.54, 1.807) is 29.2 Å². The van der Waals surface area contributed by atoms with Gasteiger partial charge in [-0.15, -0.1) is 0 Å². The van der Waals surface area contributed by atoms with Gasteiger partial charge in [0.05, 0.1) is 10.6 Å². The molecule has 7 heteroatoms. The number of carbonyl (C=O) groups excluding carboxylic acids is 2. The van der Waals surface area contributed by atoms with Crippen molar-refractivity contribution in [1.29, 1.82) is 0 Å². The Morgan fingerprint density at radius 1 is 1.04 bits per heavy atom. The second-order valence-electron chi connectivity index (χ2n) is 7.55. The topological polar surface area (TPSA) is 83.6 Å². The Hall–Kier alpha value is -1.89. The summed E-state index contributed by atoms with van der Waals surface area (Å²) in [4.78, 5) is 27.6. The molecule has 2 rings (SSSR count). The average Bonchev–Trinajstić information content (AvgIpc) is 2.68. The van der Waals surface area contributed by atoms with Crippen LogP contribution < -0.4 is 5.32 Å². The van der Waals surface area contributed by atoms with Crippen LogP contribution >= 0.6 is 0 Å². The van der Waals surface area contributed by atoms with Crippen LogP contribution in [0.5, 0.6) is 0 Å². The normalized spacial score (nSPS) is 16.4. The molecule has 0 aromatic heterocycles. The van der Waals surface area contributed by atoms with Gasteiger partial charge in [0.1, 0.15) is 5.54 Å². The number of benzene rings is 1. The van der Waals surface area contributed by atoms with E-state index in [2.05, 4.69) is 5.32 Å². The number of amides is 2. The van der Waals surface area contributed by atoms with Crippen molar-refractivity contribution in [2.45, 2.75) is 69.7 Å². The maximum absolute atomic E-state index is 13.1. The summed E-state index contributed by atoms with van der Waals surface area (Å²) >= 11 is 0. The highest BCUT2D eigenvalue weighted by Crippen LogP contribution is 2.30. The SMILES string of the molecule is CCN(CC)C(=O)C1(NC(=O)CCS(=O)(=O)c2ccc(C)cc2)CCCCC1. The number of hydrogen-bond acceptors (Lipinski definition) is 4. The number of rotatable bonds is 8. The van der Waals surface area contributed by atoms with Gasteiger partial charge in [-0.2, -0.15) is 0 Å². The molecule has 0 heterocycles. The lowest BCUT2D eigenvalue weighted by atomic mass is 9.80. The van der Waals surface area contributed by atoms with E-state index >= 15 is 0 Å². The molecule has 1 aromatic rings. The lowest BCUT2D eigenvalue weighted by molar-refractivity contribution is -0.143. The summed E-state index contributed by atoms with van der Waals surface area (Å²) in [7, 11) is -3.53. The molecule has 1 saturated carbocycles. The van der Waals surface area contributed by atoms with Gasteiger partial charge in [0.15, 0.2) is 9.84 Å². The Morgan fingerprint density at radius 3 is 2.14 bits per heavy atom. The van der Waals surface area contributed by atoms with E-state index < -0.39 is 15.4 Å². The van der Waals surface area contributed by atoms with Crippen LogP contribution in [0.25, 0.3) is 0 Å². The second kappa shape index (κ2) is 9.54. The van der Waals surface area contributed by atoms with E-state index in [4.69, 9.17) is 0 Å². The molecule has 1 fully saturated rings. The number of carbonyl (C=O) groups is 2. The summed E-state index contributed by atoms with van der Waals surface area (Å²) in [6.45, 7) is 6.92. The first kappa shape index (κ1) is 22.4. The van der Waals surface area contributed by atoms with Crippen LogP contribution in [-0.2, 0) is 19.4 Å². The average molecular weight is 409 g/mol. The first-order valence-electron chi connectivity index (χ1n) is 10.1. The summed E-state index contributed by atoms with van der Waals surface area (Å²) in [6.07, 6.45) is 3.88. The van der Waals surface area contributed by atoms with Crippen LogP contribution in [0.1, 0.15) is 57.9 Å². The van der Waals surface area contributed by atoms with Gasteiger partial charge in [0, 0.05) is 19.5 Å². The third-order valence-electron chi connectivity index (χ3n) is 5.52. The molecule has 1 aromatic carbocycles. The predicted molar refractivity (Wildman–Crippen MR) is 110 cm³/mol. The molecule has 6 nitrogen and oxygen atoms in total. The summed E-state index contributed by atoms with van der Waals surface area (Å²) in [5.74, 6) is -0.692. The molecule has 1 aliphatic rings. The summed E-state index contributed by atoms with van der Waals surface area (Å²) in [5.41, 5.74) is 0.0838. The van der Waals surface area contributed by atoms with Gasteiger partial charge in [0.2, 0.25) is 11.8 Å². The quantitative estimate of drug-likeness (QED) is 0.717. The zero-order valence-corrected chi connectivity index (χ0v) is 18.0. The lowest BCUT2D eigenvalue weighted by Gasteiger charge is -2.40. The van der Waals surface area contributed by atoms with Crippen molar-refractivity contribution in [1.82, 2.24) is 10.2 Å². The van der Waals surface area contributed by atoms with Crippen molar-refractivity contribution in [3.8, 4) is 0 Å². The first-order chi connectivity index (χ1) is 13.2. The van der Waals surface area contributed by atoms with Gasteiger partial charge in [-0.1, -0.05) is 37.0 Å². The van der Waals surface area contributed by atoms with Crippen molar-refractivity contribution < 1.29 is 18.0 Å².